The van der Waals surface area contributed by atoms with Crippen molar-refractivity contribution in [2.75, 3.05) is 20.8 Å². The van der Waals surface area contributed by atoms with E-state index in [-0.39, 0.29) is 12.3 Å². The van der Waals surface area contributed by atoms with Crippen molar-refractivity contribution in [1.82, 2.24) is 4.90 Å². The minimum Gasteiger partial charge on any atom is -0.467 e. The van der Waals surface area contributed by atoms with E-state index < -0.39 is 29.8 Å². The van der Waals surface area contributed by atoms with E-state index in [4.69, 9.17) is 9.47 Å². The van der Waals surface area contributed by atoms with Crippen molar-refractivity contribution in [2.24, 2.45) is 0 Å². The molecule has 0 spiro atoms. The lowest BCUT2D eigenvalue weighted by molar-refractivity contribution is -0.151. The molecule has 1 fully saturated rings. The number of hydrogen-bond donors (Lipinski definition) is 0. The van der Waals surface area contributed by atoms with E-state index in [1.165, 1.54) is 24.1 Å². The molecular weight excluding hydrogens is 363 g/mol. The third-order valence-electron chi connectivity index (χ3n) is 4.76. The van der Waals surface area contributed by atoms with E-state index >= 15 is 0 Å². The Bertz CT molecular complexity index is 645. The number of carbonyl (C=O) groups is 2. The highest BCUT2D eigenvalue weighted by Crippen LogP contribution is 2.36. The number of unbranched alkanes of at least 4 members (excludes halogenated alkanes) is 1. The normalized spacial score (nSPS) is 18.6. The molecule has 1 aromatic carbocycles. The molecule has 0 saturated carbocycles. The Kier molecular flexibility index (Phi) is 7.24. The molecule has 1 aromatic rings. The standard InChI is InChI=1S/C19H24F3NO4/c1-26-12-4-3-5-15(13-6-8-14(9-7-13)19(20,21)22)23-16(18(25)27-2)10-11-17(23)24/h6-9,15-16H,3-5,10-12H2,1-2H3. The van der Waals surface area contributed by atoms with Crippen molar-refractivity contribution in [3.63, 3.8) is 0 Å². The average molecular weight is 387 g/mol. The van der Waals surface area contributed by atoms with Crippen LogP contribution in [0.25, 0.3) is 0 Å². The number of esters is 1. The van der Waals surface area contributed by atoms with Gasteiger partial charge in [0.2, 0.25) is 5.91 Å². The fraction of sp³-hybridized carbons (Fsp3) is 0.579. The lowest BCUT2D eigenvalue weighted by Gasteiger charge is -2.32. The number of benzene rings is 1. The summed E-state index contributed by atoms with van der Waals surface area (Å²) in [4.78, 5) is 26.0. The molecule has 1 aliphatic rings. The zero-order valence-electron chi connectivity index (χ0n) is 15.4. The zero-order valence-corrected chi connectivity index (χ0v) is 15.4. The van der Waals surface area contributed by atoms with E-state index in [1.54, 1.807) is 7.11 Å². The molecule has 0 aromatic heterocycles. The monoisotopic (exact) mass is 387 g/mol. The third kappa shape index (κ3) is 5.22. The summed E-state index contributed by atoms with van der Waals surface area (Å²) >= 11 is 0. The quantitative estimate of drug-likeness (QED) is 0.504. The molecule has 2 rings (SSSR count). The van der Waals surface area contributed by atoms with Gasteiger partial charge in [0, 0.05) is 20.1 Å². The molecule has 1 amide bonds. The van der Waals surface area contributed by atoms with E-state index in [2.05, 4.69) is 0 Å². The number of likely N-dealkylation sites (tertiary alicyclic amines) is 1. The van der Waals surface area contributed by atoms with Gasteiger partial charge in [-0.1, -0.05) is 12.1 Å². The summed E-state index contributed by atoms with van der Waals surface area (Å²) in [7, 11) is 2.85. The summed E-state index contributed by atoms with van der Waals surface area (Å²) in [6, 6.07) is 3.57. The zero-order chi connectivity index (χ0) is 20.0. The highest BCUT2D eigenvalue weighted by molar-refractivity contribution is 5.88. The molecule has 150 valence electrons. The number of rotatable bonds is 8. The molecule has 1 saturated heterocycles. The Labute approximate surface area is 156 Å². The van der Waals surface area contributed by atoms with Crippen LogP contribution in [0.5, 0.6) is 0 Å². The molecule has 0 bridgehead atoms. The van der Waals surface area contributed by atoms with Gasteiger partial charge in [-0.25, -0.2) is 4.79 Å². The molecule has 5 nitrogen and oxygen atoms in total. The van der Waals surface area contributed by atoms with E-state index in [9.17, 15) is 22.8 Å². The Hall–Kier alpha value is -2.09. The summed E-state index contributed by atoms with van der Waals surface area (Å²) in [6.45, 7) is 0.550. The highest BCUT2D eigenvalue weighted by Gasteiger charge is 2.41. The van der Waals surface area contributed by atoms with Crippen molar-refractivity contribution < 1.29 is 32.2 Å². The second-order valence-electron chi connectivity index (χ2n) is 6.50. The predicted octanol–water partition coefficient (Wildman–Crippen LogP) is 3.73. The van der Waals surface area contributed by atoms with Gasteiger partial charge in [-0.3, -0.25) is 4.79 Å². The molecule has 0 radical (unpaired) electrons. The number of alkyl halides is 3. The van der Waals surface area contributed by atoms with E-state index in [1.807, 2.05) is 0 Å². The first kappa shape index (κ1) is 21.2. The molecule has 27 heavy (non-hydrogen) atoms. The van der Waals surface area contributed by atoms with Gasteiger partial charge in [-0.05, 0) is 43.4 Å². The molecule has 0 N–H and O–H groups in total. The molecule has 1 heterocycles. The van der Waals surface area contributed by atoms with Crippen LogP contribution < -0.4 is 0 Å². The highest BCUT2D eigenvalue weighted by atomic mass is 19.4. The van der Waals surface area contributed by atoms with Crippen molar-refractivity contribution >= 4 is 11.9 Å². The molecular formula is C19H24F3NO4. The number of nitrogens with zero attached hydrogens (tertiary/aromatic N) is 1. The Morgan fingerprint density at radius 2 is 1.89 bits per heavy atom. The lowest BCUT2D eigenvalue weighted by Crippen LogP contribution is -2.42. The first-order chi connectivity index (χ1) is 12.8. The fourth-order valence-corrected chi connectivity index (χ4v) is 3.41. The number of hydrogen-bond acceptors (Lipinski definition) is 4. The minimum absolute atomic E-state index is 0.193. The Morgan fingerprint density at radius 3 is 2.44 bits per heavy atom. The van der Waals surface area contributed by atoms with Crippen LogP contribution in [0.1, 0.15) is 49.3 Å². The van der Waals surface area contributed by atoms with Gasteiger partial charge in [0.1, 0.15) is 6.04 Å². The second kappa shape index (κ2) is 9.21. The van der Waals surface area contributed by atoms with E-state index in [0.717, 1.165) is 18.6 Å². The van der Waals surface area contributed by atoms with Crippen molar-refractivity contribution in [1.29, 1.82) is 0 Å². The first-order valence-corrected chi connectivity index (χ1v) is 8.84. The summed E-state index contributed by atoms with van der Waals surface area (Å²) in [5, 5.41) is 0. The van der Waals surface area contributed by atoms with Crippen molar-refractivity contribution in [2.45, 2.75) is 50.4 Å². The number of amides is 1. The van der Waals surface area contributed by atoms with Crippen LogP contribution in [0.15, 0.2) is 24.3 Å². The summed E-state index contributed by atoms with van der Waals surface area (Å²) in [5.41, 5.74) is -0.175. The molecule has 8 heteroatoms. The Balaban J connectivity index is 2.29. The Morgan fingerprint density at radius 1 is 1.22 bits per heavy atom. The molecule has 2 atom stereocenters. The van der Waals surface area contributed by atoms with Crippen LogP contribution in [-0.2, 0) is 25.2 Å². The maximum Gasteiger partial charge on any atom is 0.416 e. The number of carbonyl (C=O) groups excluding carboxylic acids is 2. The maximum atomic E-state index is 12.8. The van der Waals surface area contributed by atoms with Crippen LogP contribution in [0.3, 0.4) is 0 Å². The number of methoxy groups -OCH3 is 2. The smallest absolute Gasteiger partial charge is 0.416 e. The van der Waals surface area contributed by atoms with Crippen molar-refractivity contribution in [3.8, 4) is 0 Å². The van der Waals surface area contributed by atoms with Crippen LogP contribution in [0.2, 0.25) is 0 Å². The van der Waals surface area contributed by atoms with Crippen LogP contribution in [0.4, 0.5) is 13.2 Å². The van der Waals surface area contributed by atoms with Crippen molar-refractivity contribution in [3.05, 3.63) is 35.4 Å². The summed E-state index contributed by atoms with van der Waals surface area (Å²) in [5.74, 6) is -0.698. The van der Waals surface area contributed by atoms with Gasteiger partial charge < -0.3 is 14.4 Å². The molecule has 1 aliphatic heterocycles. The predicted molar refractivity (Wildman–Crippen MR) is 91.8 cm³/mol. The molecule has 0 aliphatic carbocycles. The minimum atomic E-state index is -4.43. The maximum absolute atomic E-state index is 12.8. The van der Waals surface area contributed by atoms with Crippen LogP contribution in [0, 0.1) is 0 Å². The van der Waals surface area contributed by atoms with E-state index in [0.29, 0.717) is 31.4 Å². The van der Waals surface area contributed by atoms with Gasteiger partial charge in [-0.15, -0.1) is 0 Å². The van der Waals surface area contributed by atoms with Gasteiger partial charge in [-0.2, -0.15) is 13.2 Å². The van der Waals surface area contributed by atoms with Crippen LogP contribution in [-0.4, -0.2) is 43.6 Å². The lowest BCUT2D eigenvalue weighted by atomic mass is 9.97. The number of ether oxygens (including phenoxy) is 2. The van der Waals surface area contributed by atoms with Gasteiger partial charge in [0.15, 0.2) is 0 Å². The average Bonchev–Trinajstić information content (AvgIpc) is 3.02. The van der Waals surface area contributed by atoms with Gasteiger partial charge in [0.25, 0.3) is 0 Å². The number of halogens is 3. The largest absolute Gasteiger partial charge is 0.467 e. The topological polar surface area (TPSA) is 55.8 Å². The van der Waals surface area contributed by atoms with Crippen LogP contribution >= 0.6 is 0 Å². The summed E-state index contributed by atoms with van der Waals surface area (Å²) in [6.07, 6.45) is -1.89. The fourth-order valence-electron chi connectivity index (χ4n) is 3.41. The summed E-state index contributed by atoms with van der Waals surface area (Å²) < 4.78 is 48.4. The third-order valence-corrected chi connectivity index (χ3v) is 4.76. The van der Waals surface area contributed by atoms with Gasteiger partial charge >= 0.3 is 12.1 Å². The SMILES string of the molecule is COCCCCC(c1ccc(C(F)(F)F)cc1)N1C(=O)CCC1C(=O)OC. The van der Waals surface area contributed by atoms with Gasteiger partial charge in [0.05, 0.1) is 18.7 Å². The first-order valence-electron chi connectivity index (χ1n) is 8.84. The molecule has 2 unspecified atom stereocenters. The second-order valence-corrected chi connectivity index (χ2v) is 6.50.